The van der Waals surface area contributed by atoms with Crippen LogP contribution in [0.2, 0.25) is 0 Å². The molecule has 1 aliphatic rings. The van der Waals surface area contributed by atoms with Gasteiger partial charge in [-0.2, -0.15) is 0 Å². The number of hydrogen-bond acceptors (Lipinski definition) is 2. The molecule has 0 atom stereocenters. The summed E-state index contributed by atoms with van der Waals surface area (Å²) < 4.78 is 0. The van der Waals surface area contributed by atoms with Gasteiger partial charge in [0.2, 0.25) is 0 Å². The topological polar surface area (TPSA) is 40.7 Å². The molecular weight excluding hydrogens is 234 g/mol. The number of H-pyrrole nitrogens is 1. The lowest BCUT2D eigenvalue weighted by Gasteiger charge is -2.35. The van der Waals surface area contributed by atoms with E-state index in [1.54, 1.807) is 0 Å². The quantitative estimate of drug-likeness (QED) is 0.886. The third-order valence-electron chi connectivity index (χ3n) is 4.51. The first-order chi connectivity index (χ1) is 9.25. The molecule has 0 radical (unpaired) electrons. The second-order valence-corrected chi connectivity index (χ2v) is 5.84. The molecule has 0 unspecified atom stereocenters. The highest BCUT2D eigenvalue weighted by Crippen LogP contribution is 2.37. The number of aromatic nitrogens is 2. The van der Waals surface area contributed by atoms with Crippen molar-refractivity contribution in [3.8, 4) is 0 Å². The smallest absolute Gasteiger partial charge is 0.113 e. The van der Waals surface area contributed by atoms with Gasteiger partial charge in [-0.05, 0) is 50.9 Å². The average molecular weight is 257 g/mol. The maximum absolute atomic E-state index is 4.94. The summed E-state index contributed by atoms with van der Waals surface area (Å²) >= 11 is 0. The number of piperidine rings is 1. The van der Waals surface area contributed by atoms with Crippen LogP contribution >= 0.6 is 0 Å². The molecule has 1 aromatic heterocycles. The van der Waals surface area contributed by atoms with Crippen molar-refractivity contribution in [2.75, 3.05) is 13.1 Å². The summed E-state index contributed by atoms with van der Waals surface area (Å²) in [6.45, 7) is 6.63. The first-order valence-corrected chi connectivity index (χ1v) is 7.42. The van der Waals surface area contributed by atoms with E-state index in [9.17, 15) is 0 Å². The Kier molecular flexibility index (Phi) is 3.31. The summed E-state index contributed by atoms with van der Waals surface area (Å²) in [5, 5.41) is 3.47. The molecule has 19 heavy (non-hydrogen) atoms. The van der Waals surface area contributed by atoms with Crippen LogP contribution in [-0.2, 0) is 5.41 Å². The second kappa shape index (κ2) is 4.97. The molecule has 1 aliphatic heterocycles. The predicted molar refractivity (Wildman–Crippen MR) is 79.5 cm³/mol. The van der Waals surface area contributed by atoms with Gasteiger partial charge in [0, 0.05) is 5.41 Å². The first-order valence-electron chi connectivity index (χ1n) is 7.42. The molecule has 0 saturated carbocycles. The highest BCUT2D eigenvalue weighted by Gasteiger charge is 2.35. The van der Waals surface area contributed by atoms with Crippen LogP contribution in [0, 0.1) is 6.92 Å². The Balaban J connectivity index is 2.07. The van der Waals surface area contributed by atoms with Crippen molar-refractivity contribution in [2.45, 2.75) is 44.9 Å². The van der Waals surface area contributed by atoms with E-state index < -0.39 is 0 Å². The fourth-order valence-electron chi connectivity index (χ4n) is 3.42. The summed E-state index contributed by atoms with van der Waals surface area (Å²) in [6.07, 6.45) is 4.84. The lowest BCUT2D eigenvalue weighted by Crippen LogP contribution is -2.40. The van der Waals surface area contributed by atoms with Gasteiger partial charge in [-0.25, -0.2) is 4.98 Å². The Bertz CT molecular complexity index is 559. The predicted octanol–water partition coefficient (Wildman–Crippen LogP) is 3.29. The van der Waals surface area contributed by atoms with E-state index in [-0.39, 0.29) is 5.41 Å². The summed E-state index contributed by atoms with van der Waals surface area (Å²) in [7, 11) is 0. The molecule has 2 aromatic rings. The third kappa shape index (κ3) is 2.16. The molecule has 0 amide bonds. The van der Waals surface area contributed by atoms with Crippen LogP contribution in [-0.4, -0.2) is 23.1 Å². The van der Waals surface area contributed by atoms with E-state index in [2.05, 4.69) is 42.3 Å². The van der Waals surface area contributed by atoms with Gasteiger partial charge < -0.3 is 10.3 Å². The lowest BCUT2D eigenvalue weighted by atomic mass is 9.75. The Labute approximate surface area is 114 Å². The van der Waals surface area contributed by atoms with Crippen molar-refractivity contribution in [1.29, 1.82) is 0 Å². The fourth-order valence-corrected chi connectivity index (χ4v) is 3.42. The minimum atomic E-state index is 0.255. The number of imidazole rings is 1. The van der Waals surface area contributed by atoms with E-state index in [1.165, 1.54) is 42.6 Å². The number of para-hydroxylation sites is 1. The number of rotatable bonds is 3. The average Bonchev–Trinajstić information content (AvgIpc) is 2.86. The number of fused-ring (bicyclic) bond motifs is 1. The monoisotopic (exact) mass is 257 g/mol. The van der Waals surface area contributed by atoms with Crippen molar-refractivity contribution in [3.05, 3.63) is 29.6 Å². The van der Waals surface area contributed by atoms with Crippen LogP contribution in [0.15, 0.2) is 18.2 Å². The lowest BCUT2D eigenvalue weighted by molar-refractivity contribution is 0.273. The number of hydrogen-bond donors (Lipinski definition) is 2. The van der Waals surface area contributed by atoms with Crippen molar-refractivity contribution in [1.82, 2.24) is 15.3 Å². The molecule has 3 heteroatoms. The van der Waals surface area contributed by atoms with Crippen LogP contribution in [0.1, 0.15) is 44.0 Å². The molecule has 0 bridgehead atoms. The summed E-state index contributed by atoms with van der Waals surface area (Å²) in [5.41, 5.74) is 3.85. The Morgan fingerprint density at radius 3 is 2.74 bits per heavy atom. The second-order valence-electron chi connectivity index (χ2n) is 5.84. The van der Waals surface area contributed by atoms with Gasteiger partial charge in [0.15, 0.2) is 0 Å². The van der Waals surface area contributed by atoms with Gasteiger partial charge in [0.1, 0.15) is 5.82 Å². The summed E-state index contributed by atoms with van der Waals surface area (Å²) in [6, 6.07) is 6.38. The molecule has 2 heterocycles. The van der Waals surface area contributed by atoms with E-state index in [0.717, 1.165) is 18.6 Å². The van der Waals surface area contributed by atoms with Crippen LogP contribution in [0.3, 0.4) is 0 Å². The molecule has 0 aliphatic carbocycles. The molecule has 2 N–H and O–H groups in total. The molecule has 1 saturated heterocycles. The van der Waals surface area contributed by atoms with E-state index >= 15 is 0 Å². The van der Waals surface area contributed by atoms with Crippen LogP contribution in [0.5, 0.6) is 0 Å². The van der Waals surface area contributed by atoms with Gasteiger partial charge in [-0.3, -0.25) is 0 Å². The van der Waals surface area contributed by atoms with Crippen LogP contribution in [0.4, 0.5) is 0 Å². The Hall–Kier alpha value is -1.35. The van der Waals surface area contributed by atoms with Gasteiger partial charge in [-0.1, -0.05) is 25.5 Å². The maximum atomic E-state index is 4.94. The van der Waals surface area contributed by atoms with Crippen molar-refractivity contribution >= 4 is 11.0 Å². The molecule has 102 valence electrons. The number of aromatic amines is 1. The maximum Gasteiger partial charge on any atom is 0.113 e. The largest absolute Gasteiger partial charge is 0.341 e. The van der Waals surface area contributed by atoms with Crippen molar-refractivity contribution in [2.24, 2.45) is 0 Å². The first kappa shape index (κ1) is 12.7. The summed E-state index contributed by atoms with van der Waals surface area (Å²) in [5.74, 6) is 1.21. The zero-order valence-corrected chi connectivity index (χ0v) is 11.9. The highest BCUT2D eigenvalue weighted by molar-refractivity contribution is 5.78. The molecule has 1 aromatic carbocycles. The van der Waals surface area contributed by atoms with E-state index in [4.69, 9.17) is 4.98 Å². The van der Waals surface area contributed by atoms with E-state index in [0.29, 0.717) is 0 Å². The molecular formula is C16H23N3. The number of nitrogens with zero attached hydrogens (tertiary/aromatic N) is 1. The Morgan fingerprint density at radius 1 is 1.26 bits per heavy atom. The SMILES string of the molecule is CCCC1(c2nc3c(C)cccc3[nH]2)CCNCC1. The standard InChI is InChI=1S/C16H23N3/c1-3-7-16(8-10-17-11-9-16)15-18-13-6-4-5-12(2)14(13)19-15/h4-6,17H,3,7-11H2,1-2H3,(H,18,19). The molecule has 3 nitrogen and oxygen atoms in total. The van der Waals surface area contributed by atoms with Gasteiger partial charge >= 0.3 is 0 Å². The van der Waals surface area contributed by atoms with E-state index in [1.807, 2.05) is 0 Å². The highest BCUT2D eigenvalue weighted by atomic mass is 15.0. The van der Waals surface area contributed by atoms with Gasteiger partial charge in [-0.15, -0.1) is 0 Å². The van der Waals surface area contributed by atoms with Gasteiger partial charge in [0.25, 0.3) is 0 Å². The number of benzene rings is 1. The normalized spacial score (nSPS) is 18.8. The minimum absolute atomic E-state index is 0.255. The Morgan fingerprint density at radius 2 is 2.05 bits per heavy atom. The molecule has 1 fully saturated rings. The molecule has 3 rings (SSSR count). The number of aryl methyl sites for hydroxylation is 1. The number of nitrogens with one attached hydrogen (secondary N) is 2. The van der Waals surface area contributed by atoms with Crippen LogP contribution in [0.25, 0.3) is 11.0 Å². The van der Waals surface area contributed by atoms with Crippen molar-refractivity contribution in [3.63, 3.8) is 0 Å². The van der Waals surface area contributed by atoms with Gasteiger partial charge in [0.05, 0.1) is 11.0 Å². The summed E-state index contributed by atoms with van der Waals surface area (Å²) in [4.78, 5) is 8.54. The minimum Gasteiger partial charge on any atom is -0.341 e. The zero-order valence-electron chi connectivity index (χ0n) is 11.9. The fraction of sp³-hybridized carbons (Fsp3) is 0.562. The zero-order chi connectivity index (χ0) is 13.3. The molecule has 0 spiro atoms. The third-order valence-corrected chi connectivity index (χ3v) is 4.51. The van der Waals surface area contributed by atoms with Crippen molar-refractivity contribution < 1.29 is 0 Å². The van der Waals surface area contributed by atoms with Crippen LogP contribution < -0.4 is 5.32 Å².